The average Bonchev–Trinajstić information content (AvgIpc) is 2.77. The summed E-state index contributed by atoms with van der Waals surface area (Å²) in [5.41, 5.74) is 1.72. The summed E-state index contributed by atoms with van der Waals surface area (Å²) < 4.78 is 20.3. The lowest BCUT2D eigenvalue weighted by atomic mass is 10.2. The van der Waals surface area contributed by atoms with Crippen LogP contribution in [0, 0.1) is 5.82 Å². The molecule has 0 atom stereocenters. The Morgan fingerprint density at radius 1 is 1.31 bits per heavy atom. The molecule has 3 rings (SSSR count). The molecule has 0 saturated heterocycles. The van der Waals surface area contributed by atoms with Crippen LogP contribution >= 0.6 is 0 Å². The molecule has 0 spiro atoms. The molecule has 0 radical (unpaired) electrons. The normalized spacial score (nSPS) is 11.4. The van der Waals surface area contributed by atoms with Gasteiger partial charge in [0.2, 0.25) is 5.71 Å². The van der Waals surface area contributed by atoms with E-state index in [4.69, 9.17) is 4.42 Å². The minimum Gasteiger partial charge on any atom is -0.440 e. The van der Waals surface area contributed by atoms with E-state index in [9.17, 15) is 9.18 Å². The van der Waals surface area contributed by atoms with Gasteiger partial charge in [-0.05, 0) is 24.3 Å². The molecule has 0 aliphatic heterocycles. The molecule has 3 nitrogen and oxygen atoms in total. The summed E-state index contributed by atoms with van der Waals surface area (Å²) in [7, 11) is 1.74. The molecule has 16 heavy (non-hydrogen) atoms. The summed E-state index contributed by atoms with van der Waals surface area (Å²) in [6.07, 6.45) is 0.751. The Labute approximate surface area is 90.1 Å². The minimum atomic E-state index is -0.313. The molecule has 3 aromatic rings. The van der Waals surface area contributed by atoms with Gasteiger partial charge in [0.15, 0.2) is 6.29 Å². The number of hydrogen-bond acceptors (Lipinski definition) is 2. The number of furan rings is 1. The van der Waals surface area contributed by atoms with Crippen molar-refractivity contribution in [2.24, 2.45) is 7.05 Å². The van der Waals surface area contributed by atoms with Gasteiger partial charge in [0, 0.05) is 17.8 Å². The molecule has 1 aromatic carbocycles. The standard InChI is InChI=1S/C12H8FNO2/c1-14-8(6-15)5-10-9-4-7(13)2-3-11(9)16-12(10)14/h2-6H,1H3. The van der Waals surface area contributed by atoms with Crippen molar-refractivity contribution in [2.45, 2.75) is 0 Å². The highest BCUT2D eigenvalue weighted by Crippen LogP contribution is 2.30. The quantitative estimate of drug-likeness (QED) is 0.587. The van der Waals surface area contributed by atoms with Crippen LogP contribution in [0.5, 0.6) is 0 Å². The number of halogens is 1. The number of nitrogens with zero attached hydrogens (tertiary/aromatic N) is 1. The lowest BCUT2D eigenvalue weighted by molar-refractivity contribution is 0.111. The third-order valence-corrected chi connectivity index (χ3v) is 2.77. The first-order valence-electron chi connectivity index (χ1n) is 4.83. The van der Waals surface area contributed by atoms with Gasteiger partial charge in [-0.3, -0.25) is 4.79 Å². The fourth-order valence-corrected chi connectivity index (χ4v) is 1.94. The summed E-state index contributed by atoms with van der Waals surface area (Å²) in [4.78, 5) is 10.8. The Bertz CT molecular complexity index is 709. The Hall–Kier alpha value is -2.10. The highest BCUT2D eigenvalue weighted by atomic mass is 19.1. The molecule has 80 valence electrons. The van der Waals surface area contributed by atoms with Crippen molar-refractivity contribution in [1.82, 2.24) is 4.57 Å². The largest absolute Gasteiger partial charge is 0.440 e. The van der Waals surface area contributed by atoms with Crippen LogP contribution < -0.4 is 0 Å². The molecular formula is C12H8FNO2. The van der Waals surface area contributed by atoms with Gasteiger partial charge in [-0.15, -0.1) is 0 Å². The van der Waals surface area contributed by atoms with Crippen LogP contribution in [0.1, 0.15) is 10.5 Å². The molecule has 0 aliphatic carbocycles. The fourth-order valence-electron chi connectivity index (χ4n) is 1.94. The number of aldehydes is 1. The second kappa shape index (κ2) is 2.95. The van der Waals surface area contributed by atoms with Gasteiger partial charge in [-0.25, -0.2) is 4.39 Å². The Balaban J connectivity index is 2.51. The topological polar surface area (TPSA) is 35.1 Å². The third kappa shape index (κ3) is 1.04. The first-order valence-corrected chi connectivity index (χ1v) is 4.83. The Morgan fingerprint density at radius 3 is 2.88 bits per heavy atom. The number of carbonyl (C=O) groups is 1. The van der Waals surface area contributed by atoms with Gasteiger partial charge in [0.1, 0.15) is 11.4 Å². The van der Waals surface area contributed by atoms with Crippen molar-refractivity contribution < 1.29 is 13.6 Å². The van der Waals surface area contributed by atoms with Crippen molar-refractivity contribution >= 4 is 28.4 Å². The number of aryl methyl sites for hydroxylation is 1. The molecule has 0 fully saturated rings. The highest BCUT2D eigenvalue weighted by Gasteiger charge is 2.13. The lowest BCUT2D eigenvalue weighted by Crippen LogP contribution is -1.92. The van der Waals surface area contributed by atoms with Gasteiger partial charge in [-0.1, -0.05) is 0 Å². The molecule has 0 unspecified atom stereocenters. The third-order valence-electron chi connectivity index (χ3n) is 2.77. The van der Waals surface area contributed by atoms with Crippen LogP contribution in [0.15, 0.2) is 28.7 Å². The van der Waals surface area contributed by atoms with E-state index >= 15 is 0 Å². The van der Waals surface area contributed by atoms with Gasteiger partial charge in [0.05, 0.1) is 5.69 Å². The van der Waals surface area contributed by atoms with E-state index in [1.165, 1.54) is 12.1 Å². The van der Waals surface area contributed by atoms with Crippen LogP contribution in [-0.2, 0) is 7.05 Å². The number of hydrogen-bond donors (Lipinski definition) is 0. The van der Waals surface area contributed by atoms with E-state index in [1.807, 2.05) is 0 Å². The SMILES string of the molecule is Cn1c(C=O)cc2c3cc(F)ccc3oc21. The summed E-state index contributed by atoms with van der Waals surface area (Å²) in [6.45, 7) is 0. The lowest BCUT2D eigenvalue weighted by Gasteiger charge is -1.93. The molecular weight excluding hydrogens is 209 g/mol. The van der Waals surface area contributed by atoms with Gasteiger partial charge < -0.3 is 8.98 Å². The predicted molar refractivity (Wildman–Crippen MR) is 58.0 cm³/mol. The first-order chi connectivity index (χ1) is 7.70. The molecule has 0 aliphatic rings. The second-order valence-corrected chi connectivity index (χ2v) is 3.71. The maximum Gasteiger partial charge on any atom is 0.208 e. The Kier molecular flexibility index (Phi) is 1.68. The smallest absolute Gasteiger partial charge is 0.208 e. The maximum absolute atomic E-state index is 13.1. The summed E-state index contributed by atoms with van der Waals surface area (Å²) in [5.74, 6) is -0.313. The number of aromatic nitrogens is 1. The van der Waals surface area contributed by atoms with Gasteiger partial charge >= 0.3 is 0 Å². The van der Waals surface area contributed by atoms with E-state index in [1.54, 1.807) is 23.7 Å². The fraction of sp³-hybridized carbons (Fsp3) is 0.0833. The molecule has 2 heterocycles. The van der Waals surface area contributed by atoms with E-state index in [0.29, 0.717) is 22.4 Å². The number of fused-ring (bicyclic) bond motifs is 3. The predicted octanol–water partition coefficient (Wildman–Crippen LogP) is 2.88. The molecule has 2 aromatic heterocycles. The van der Waals surface area contributed by atoms with Crippen LogP contribution in [0.2, 0.25) is 0 Å². The average molecular weight is 217 g/mol. The van der Waals surface area contributed by atoms with Gasteiger partial charge in [-0.2, -0.15) is 0 Å². The number of rotatable bonds is 1. The van der Waals surface area contributed by atoms with Crippen molar-refractivity contribution in [3.63, 3.8) is 0 Å². The molecule has 0 amide bonds. The maximum atomic E-state index is 13.1. The molecule has 0 N–H and O–H groups in total. The second-order valence-electron chi connectivity index (χ2n) is 3.71. The number of benzene rings is 1. The van der Waals surface area contributed by atoms with E-state index < -0.39 is 0 Å². The van der Waals surface area contributed by atoms with Crippen molar-refractivity contribution in [3.05, 3.63) is 35.8 Å². The minimum absolute atomic E-state index is 0.313. The molecule has 0 bridgehead atoms. The van der Waals surface area contributed by atoms with Crippen molar-refractivity contribution in [1.29, 1.82) is 0 Å². The van der Waals surface area contributed by atoms with Crippen LogP contribution in [0.25, 0.3) is 22.1 Å². The van der Waals surface area contributed by atoms with E-state index in [-0.39, 0.29) is 5.82 Å². The summed E-state index contributed by atoms with van der Waals surface area (Å²) >= 11 is 0. The zero-order valence-electron chi connectivity index (χ0n) is 8.53. The summed E-state index contributed by atoms with van der Waals surface area (Å²) in [6, 6.07) is 6.06. The monoisotopic (exact) mass is 217 g/mol. The molecule has 4 heteroatoms. The highest BCUT2D eigenvalue weighted by molar-refractivity contribution is 6.06. The van der Waals surface area contributed by atoms with Crippen LogP contribution in [-0.4, -0.2) is 10.9 Å². The van der Waals surface area contributed by atoms with Crippen molar-refractivity contribution in [2.75, 3.05) is 0 Å². The van der Waals surface area contributed by atoms with Crippen LogP contribution in [0.3, 0.4) is 0 Å². The zero-order valence-corrected chi connectivity index (χ0v) is 8.53. The number of carbonyl (C=O) groups excluding carboxylic acids is 1. The first kappa shape index (κ1) is 9.15. The molecule has 0 saturated carbocycles. The van der Waals surface area contributed by atoms with E-state index in [2.05, 4.69) is 0 Å². The van der Waals surface area contributed by atoms with Gasteiger partial charge in [0.25, 0.3) is 0 Å². The van der Waals surface area contributed by atoms with Crippen LogP contribution in [0.4, 0.5) is 4.39 Å². The summed E-state index contributed by atoms with van der Waals surface area (Å²) in [5, 5.41) is 1.46. The zero-order chi connectivity index (χ0) is 11.3. The Morgan fingerprint density at radius 2 is 2.12 bits per heavy atom. The van der Waals surface area contributed by atoms with Crippen molar-refractivity contribution in [3.8, 4) is 0 Å². The van der Waals surface area contributed by atoms with E-state index in [0.717, 1.165) is 11.7 Å².